The summed E-state index contributed by atoms with van der Waals surface area (Å²) in [5.74, 6) is -1.74. The summed E-state index contributed by atoms with van der Waals surface area (Å²) >= 11 is 0. The summed E-state index contributed by atoms with van der Waals surface area (Å²) < 4.78 is 17.1. The van der Waals surface area contributed by atoms with Crippen molar-refractivity contribution in [2.24, 2.45) is 0 Å². The van der Waals surface area contributed by atoms with Crippen molar-refractivity contribution in [2.45, 2.75) is 187 Å². The summed E-state index contributed by atoms with van der Waals surface area (Å²) in [5.41, 5.74) is 0. The molecule has 52 heavy (non-hydrogen) atoms. The molecule has 0 aliphatic carbocycles. The lowest BCUT2D eigenvalue weighted by molar-refractivity contribution is -0.889. The van der Waals surface area contributed by atoms with Gasteiger partial charge in [0.2, 0.25) is 0 Å². The molecule has 0 saturated carbocycles. The topological polar surface area (TPSA) is 102 Å². The number of esters is 2. The van der Waals surface area contributed by atoms with Gasteiger partial charge in [-0.2, -0.15) is 0 Å². The summed E-state index contributed by atoms with van der Waals surface area (Å²) in [4.78, 5) is 36.6. The zero-order chi connectivity index (χ0) is 38.5. The average molecular weight is 734 g/mol. The van der Waals surface area contributed by atoms with Gasteiger partial charge in [0.1, 0.15) is 12.6 Å². The molecule has 0 heterocycles. The highest BCUT2D eigenvalue weighted by molar-refractivity contribution is 5.70. The number of aliphatic carboxylic acids is 1. The van der Waals surface area contributed by atoms with Gasteiger partial charge in [-0.15, -0.1) is 0 Å². The Morgan fingerprint density at radius 3 is 1.60 bits per heavy atom. The van der Waals surface area contributed by atoms with Crippen LogP contribution in [0.5, 0.6) is 0 Å². The van der Waals surface area contributed by atoms with Gasteiger partial charge >= 0.3 is 11.9 Å². The molecule has 2 unspecified atom stereocenters. The monoisotopic (exact) mass is 734 g/mol. The fourth-order valence-electron chi connectivity index (χ4n) is 6.03. The van der Waals surface area contributed by atoms with E-state index < -0.39 is 18.1 Å². The van der Waals surface area contributed by atoms with Crippen LogP contribution in [0, 0.1) is 0 Å². The van der Waals surface area contributed by atoms with Crippen molar-refractivity contribution >= 4 is 17.9 Å². The molecule has 0 N–H and O–H groups in total. The van der Waals surface area contributed by atoms with Crippen LogP contribution in [-0.4, -0.2) is 75.5 Å². The van der Waals surface area contributed by atoms with E-state index in [1.54, 1.807) is 21.1 Å². The fraction of sp³-hybridized carbons (Fsp3) is 0.795. The van der Waals surface area contributed by atoms with E-state index in [2.05, 4.69) is 50.3 Å². The Morgan fingerprint density at radius 1 is 0.596 bits per heavy atom. The molecule has 0 fully saturated rings. The third-order valence-electron chi connectivity index (χ3n) is 9.29. The van der Waals surface area contributed by atoms with E-state index in [0.29, 0.717) is 12.8 Å². The number of hydrogen-bond donors (Lipinski definition) is 0. The van der Waals surface area contributed by atoms with Gasteiger partial charge in [-0.3, -0.25) is 9.59 Å². The molecule has 0 radical (unpaired) electrons. The smallest absolute Gasteiger partial charge is 0.306 e. The molecule has 0 bridgehead atoms. The first-order valence-electron chi connectivity index (χ1n) is 21.0. The van der Waals surface area contributed by atoms with Crippen molar-refractivity contribution in [2.75, 3.05) is 41.0 Å². The molecule has 0 rings (SSSR count). The molecule has 8 nitrogen and oxygen atoms in total. The third kappa shape index (κ3) is 33.4. The number of likely N-dealkylation sites (N-methyl/N-ethyl adjacent to an activating group) is 1. The highest BCUT2D eigenvalue weighted by atomic mass is 16.6. The van der Waals surface area contributed by atoms with Crippen LogP contribution in [0.1, 0.15) is 174 Å². The number of rotatable bonds is 37. The molecule has 302 valence electrons. The largest absolute Gasteiger partial charge is 0.544 e. The minimum absolute atomic E-state index is 0.0415. The lowest BCUT2D eigenvalue weighted by Crippen LogP contribution is -2.55. The van der Waals surface area contributed by atoms with E-state index in [0.717, 1.165) is 57.8 Å². The molecular formula is C44H79NO7. The highest BCUT2D eigenvalue weighted by Crippen LogP contribution is 2.14. The molecule has 0 aliphatic rings. The number of nitrogens with zero attached hydrogens (tertiary/aromatic N) is 1. The Hall–Kier alpha value is -2.45. The molecule has 0 aromatic carbocycles. The van der Waals surface area contributed by atoms with Gasteiger partial charge < -0.3 is 28.6 Å². The standard InChI is InChI=1S/C44H79NO7/c1-6-8-10-12-14-15-16-17-18-19-20-21-22-23-24-25-26-27-29-31-33-35-43(47)52-40(38-50-37-36-41(44(48)49)45(3,4)5)39-51-42(46)34-32-30-28-13-11-9-7-2/h8,10,14-15,17-18,40-41H,6-7,9,11-13,16,19-39H2,1-5H3/b10-8+,15-14+,18-17+. The number of ether oxygens (including phenoxy) is 3. The lowest BCUT2D eigenvalue weighted by atomic mass is 10.0. The maximum absolute atomic E-state index is 12.7. The zero-order valence-corrected chi connectivity index (χ0v) is 34.2. The predicted molar refractivity (Wildman–Crippen MR) is 213 cm³/mol. The zero-order valence-electron chi connectivity index (χ0n) is 34.2. The van der Waals surface area contributed by atoms with Crippen LogP contribution in [0.25, 0.3) is 0 Å². The van der Waals surface area contributed by atoms with Gasteiger partial charge in [0.25, 0.3) is 0 Å². The number of allylic oxidation sites excluding steroid dienone is 6. The SMILES string of the molecule is CC/C=C/C/C=C/C/C=C/CCCCCCCCCCCCCC(=O)OC(COCCC(C(=O)[O-])[N+](C)(C)C)COC(=O)CCCCCCCCC. The second kappa shape index (κ2) is 35.6. The van der Waals surface area contributed by atoms with E-state index in [-0.39, 0.29) is 42.7 Å². The molecule has 0 aromatic rings. The minimum Gasteiger partial charge on any atom is -0.544 e. The Balaban J connectivity index is 4.21. The quantitative estimate of drug-likeness (QED) is 0.0271. The molecule has 0 spiro atoms. The van der Waals surface area contributed by atoms with Crippen LogP contribution in [0.3, 0.4) is 0 Å². The summed E-state index contributed by atoms with van der Waals surface area (Å²) in [6.45, 7) is 4.50. The van der Waals surface area contributed by atoms with Gasteiger partial charge in [-0.05, 0) is 44.9 Å². The third-order valence-corrected chi connectivity index (χ3v) is 9.29. The first kappa shape index (κ1) is 49.6. The maximum atomic E-state index is 12.7. The van der Waals surface area contributed by atoms with Crippen molar-refractivity contribution in [1.29, 1.82) is 0 Å². The number of quaternary nitrogens is 1. The first-order chi connectivity index (χ1) is 25.1. The van der Waals surface area contributed by atoms with Crippen LogP contribution in [0.4, 0.5) is 0 Å². The van der Waals surface area contributed by atoms with E-state index >= 15 is 0 Å². The van der Waals surface area contributed by atoms with E-state index in [1.807, 2.05) is 0 Å². The number of carboxylic acids is 1. The van der Waals surface area contributed by atoms with E-state index in [1.165, 1.54) is 83.5 Å². The van der Waals surface area contributed by atoms with Crippen LogP contribution in [-0.2, 0) is 28.6 Å². The second-order valence-electron chi connectivity index (χ2n) is 15.2. The van der Waals surface area contributed by atoms with Crippen LogP contribution >= 0.6 is 0 Å². The predicted octanol–water partition coefficient (Wildman–Crippen LogP) is 9.74. The number of carbonyl (C=O) groups excluding carboxylic acids is 3. The van der Waals surface area contributed by atoms with Gasteiger partial charge in [0.15, 0.2) is 6.10 Å². The van der Waals surface area contributed by atoms with Gasteiger partial charge in [-0.1, -0.05) is 147 Å². The van der Waals surface area contributed by atoms with Gasteiger partial charge in [0.05, 0.1) is 40.3 Å². The molecule has 0 saturated heterocycles. The summed E-state index contributed by atoms with van der Waals surface area (Å²) in [5, 5.41) is 11.6. The molecule has 2 atom stereocenters. The van der Waals surface area contributed by atoms with Crippen molar-refractivity contribution in [1.82, 2.24) is 0 Å². The van der Waals surface area contributed by atoms with Crippen LogP contribution < -0.4 is 5.11 Å². The van der Waals surface area contributed by atoms with Crippen molar-refractivity contribution < 1.29 is 38.2 Å². The Bertz CT molecular complexity index is 953. The number of unbranched alkanes of at least 4 members (excludes halogenated alkanes) is 17. The maximum Gasteiger partial charge on any atom is 0.306 e. The second-order valence-corrected chi connectivity index (χ2v) is 15.2. The molecule has 8 heteroatoms. The van der Waals surface area contributed by atoms with Gasteiger partial charge in [-0.25, -0.2) is 0 Å². The highest BCUT2D eigenvalue weighted by Gasteiger charge is 2.25. The lowest BCUT2D eigenvalue weighted by Gasteiger charge is -2.34. The first-order valence-corrected chi connectivity index (χ1v) is 21.0. The summed E-state index contributed by atoms with van der Waals surface area (Å²) in [6.07, 6.45) is 39.0. The number of carboxylic acid groups (broad SMARTS) is 1. The Kier molecular flexibility index (Phi) is 33.9. The molecule has 0 aromatic heterocycles. The van der Waals surface area contributed by atoms with E-state index in [9.17, 15) is 19.5 Å². The van der Waals surface area contributed by atoms with Crippen LogP contribution in [0.2, 0.25) is 0 Å². The fourth-order valence-corrected chi connectivity index (χ4v) is 6.03. The number of hydrogen-bond acceptors (Lipinski definition) is 7. The number of carbonyl (C=O) groups is 3. The minimum atomic E-state index is -1.13. The molecule has 0 amide bonds. The molecule has 0 aliphatic heterocycles. The Morgan fingerprint density at radius 2 is 1.08 bits per heavy atom. The van der Waals surface area contributed by atoms with Crippen molar-refractivity contribution in [3.63, 3.8) is 0 Å². The summed E-state index contributed by atoms with van der Waals surface area (Å²) in [6, 6.07) is -0.722. The average Bonchev–Trinajstić information content (AvgIpc) is 3.09. The van der Waals surface area contributed by atoms with E-state index in [4.69, 9.17) is 14.2 Å². The van der Waals surface area contributed by atoms with Crippen molar-refractivity contribution in [3.05, 3.63) is 36.5 Å². The Labute approximate surface area is 319 Å². The normalized spacial score (nSPS) is 13.3. The summed E-state index contributed by atoms with van der Waals surface area (Å²) in [7, 11) is 5.40. The van der Waals surface area contributed by atoms with Crippen molar-refractivity contribution in [3.8, 4) is 0 Å². The molecular weight excluding hydrogens is 654 g/mol. The van der Waals surface area contributed by atoms with Gasteiger partial charge in [0, 0.05) is 19.3 Å². The van der Waals surface area contributed by atoms with Crippen LogP contribution in [0.15, 0.2) is 36.5 Å².